The predicted molar refractivity (Wildman–Crippen MR) is 81.8 cm³/mol. The number of halogens is 2. The van der Waals surface area contributed by atoms with E-state index in [-0.39, 0.29) is 0 Å². The van der Waals surface area contributed by atoms with E-state index >= 15 is 0 Å². The van der Waals surface area contributed by atoms with E-state index in [1.165, 1.54) is 0 Å². The fraction of sp³-hybridized carbons (Fsp3) is 0.600. The van der Waals surface area contributed by atoms with Gasteiger partial charge < -0.3 is 5.32 Å². The van der Waals surface area contributed by atoms with Gasteiger partial charge in [0.1, 0.15) is 0 Å². The van der Waals surface area contributed by atoms with Crippen LogP contribution in [-0.2, 0) is 0 Å². The summed E-state index contributed by atoms with van der Waals surface area (Å²) in [7, 11) is 0. The number of benzene rings is 1. The van der Waals surface area contributed by atoms with Crippen LogP contribution in [0.2, 0.25) is 10.0 Å². The summed E-state index contributed by atoms with van der Waals surface area (Å²) in [5.41, 5.74) is 1.09. The average molecular weight is 288 g/mol. The molecule has 2 unspecified atom stereocenters. The minimum absolute atomic E-state index is 0.360. The molecule has 1 N–H and O–H groups in total. The summed E-state index contributed by atoms with van der Waals surface area (Å²) < 4.78 is 0. The van der Waals surface area contributed by atoms with Crippen molar-refractivity contribution in [2.45, 2.75) is 46.1 Å². The van der Waals surface area contributed by atoms with Gasteiger partial charge in [-0.3, -0.25) is 0 Å². The smallest absolute Gasteiger partial charge is 0.0456 e. The molecule has 0 aliphatic carbocycles. The van der Waals surface area contributed by atoms with Crippen molar-refractivity contribution < 1.29 is 0 Å². The SMILES string of the molecule is CCC(C)C(CNC(C)C)c1c(Cl)cccc1Cl. The third-order valence-electron chi connectivity index (χ3n) is 3.45. The molecule has 0 aromatic heterocycles. The molecule has 1 rings (SSSR count). The molecule has 102 valence electrons. The third kappa shape index (κ3) is 4.15. The van der Waals surface area contributed by atoms with Crippen LogP contribution in [0.4, 0.5) is 0 Å². The summed E-state index contributed by atoms with van der Waals surface area (Å²) in [5, 5.41) is 5.05. The average Bonchev–Trinajstić information content (AvgIpc) is 2.31. The molecule has 1 nitrogen and oxygen atoms in total. The lowest BCUT2D eigenvalue weighted by molar-refractivity contribution is 0.407. The summed E-state index contributed by atoms with van der Waals surface area (Å²) in [6.07, 6.45) is 1.12. The quantitative estimate of drug-likeness (QED) is 0.766. The molecule has 0 radical (unpaired) electrons. The van der Waals surface area contributed by atoms with Gasteiger partial charge >= 0.3 is 0 Å². The molecule has 0 aliphatic heterocycles. The molecule has 0 bridgehead atoms. The number of hydrogen-bond acceptors (Lipinski definition) is 1. The highest BCUT2D eigenvalue weighted by molar-refractivity contribution is 6.36. The third-order valence-corrected chi connectivity index (χ3v) is 4.11. The van der Waals surface area contributed by atoms with Gasteiger partial charge in [-0.1, -0.05) is 63.4 Å². The summed E-state index contributed by atoms with van der Waals surface area (Å²) in [5.74, 6) is 0.909. The van der Waals surface area contributed by atoms with E-state index in [4.69, 9.17) is 23.2 Å². The molecule has 0 saturated heterocycles. The molecule has 0 spiro atoms. The molecule has 1 aromatic rings. The first-order valence-electron chi connectivity index (χ1n) is 6.64. The standard InChI is InChI=1S/C15H23Cl2N/c1-5-11(4)12(9-18-10(2)3)15-13(16)7-6-8-14(15)17/h6-8,10-12,18H,5,9H2,1-4H3. The van der Waals surface area contributed by atoms with Gasteiger partial charge in [0.15, 0.2) is 0 Å². The Morgan fingerprint density at radius 2 is 1.67 bits per heavy atom. The number of hydrogen-bond donors (Lipinski definition) is 1. The molecule has 0 aliphatic rings. The van der Waals surface area contributed by atoms with Crippen molar-refractivity contribution in [3.8, 4) is 0 Å². The van der Waals surface area contributed by atoms with Crippen molar-refractivity contribution in [3.63, 3.8) is 0 Å². The largest absolute Gasteiger partial charge is 0.314 e. The number of nitrogens with one attached hydrogen (secondary N) is 1. The van der Waals surface area contributed by atoms with E-state index in [0.717, 1.165) is 28.6 Å². The van der Waals surface area contributed by atoms with E-state index < -0.39 is 0 Å². The summed E-state index contributed by atoms with van der Waals surface area (Å²) in [4.78, 5) is 0. The Balaban J connectivity index is 3.01. The molecular formula is C15H23Cl2N. The molecule has 1 aromatic carbocycles. The normalized spacial score (nSPS) is 14.8. The Labute approximate surface area is 121 Å². The molecular weight excluding hydrogens is 265 g/mol. The van der Waals surface area contributed by atoms with Crippen LogP contribution in [0.25, 0.3) is 0 Å². The van der Waals surface area contributed by atoms with Crippen LogP contribution < -0.4 is 5.32 Å². The van der Waals surface area contributed by atoms with Gasteiger partial charge in [0, 0.05) is 28.5 Å². The molecule has 0 heterocycles. The van der Waals surface area contributed by atoms with Crippen LogP contribution in [0.15, 0.2) is 18.2 Å². The Kier molecular flexibility index (Phi) is 6.48. The Hall–Kier alpha value is -0.240. The Morgan fingerprint density at radius 1 is 1.11 bits per heavy atom. The maximum absolute atomic E-state index is 6.33. The van der Waals surface area contributed by atoms with Gasteiger partial charge in [-0.05, 0) is 23.6 Å². The molecule has 3 heteroatoms. The van der Waals surface area contributed by atoms with Gasteiger partial charge in [-0.15, -0.1) is 0 Å². The van der Waals surface area contributed by atoms with Crippen molar-refractivity contribution in [1.29, 1.82) is 0 Å². The summed E-state index contributed by atoms with van der Waals surface area (Å²) in [6.45, 7) is 9.68. The van der Waals surface area contributed by atoms with E-state index in [1.54, 1.807) is 0 Å². The lowest BCUT2D eigenvalue weighted by Gasteiger charge is -2.26. The fourth-order valence-electron chi connectivity index (χ4n) is 2.10. The lowest BCUT2D eigenvalue weighted by atomic mass is 9.85. The lowest BCUT2D eigenvalue weighted by Crippen LogP contribution is -2.30. The van der Waals surface area contributed by atoms with Gasteiger partial charge in [0.2, 0.25) is 0 Å². The fourth-order valence-corrected chi connectivity index (χ4v) is 2.78. The van der Waals surface area contributed by atoms with Crippen LogP contribution in [0, 0.1) is 5.92 Å². The number of rotatable bonds is 6. The molecule has 0 amide bonds. The summed E-state index contributed by atoms with van der Waals surface area (Å²) >= 11 is 12.7. The molecule has 2 atom stereocenters. The van der Waals surface area contributed by atoms with E-state index in [9.17, 15) is 0 Å². The molecule has 0 fully saturated rings. The van der Waals surface area contributed by atoms with Crippen molar-refractivity contribution in [3.05, 3.63) is 33.8 Å². The van der Waals surface area contributed by atoms with Crippen LogP contribution in [-0.4, -0.2) is 12.6 Å². The molecule has 0 saturated carbocycles. The van der Waals surface area contributed by atoms with Crippen molar-refractivity contribution in [1.82, 2.24) is 5.32 Å². The second-order valence-electron chi connectivity index (χ2n) is 5.19. The Bertz CT molecular complexity index is 357. The van der Waals surface area contributed by atoms with Crippen LogP contribution >= 0.6 is 23.2 Å². The first-order chi connectivity index (χ1) is 8.47. The monoisotopic (exact) mass is 287 g/mol. The second kappa shape index (κ2) is 7.37. The van der Waals surface area contributed by atoms with E-state index in [1.807, 2.05) is 18.2 Å². The van der Waals surface area contributed by atoms with Crippen LogP contribution in [0.5, 0.6) is 0 Å². The van der Waals surface area contributed by atoms with E-state index in [0.29, 0.717) is 17.9 Å². The van der Waals surface area contributed by atoms with Gasteiger partial charge in [0.25, 0.3) is 0 Å². The first kappa shape index (κ1) is 15.8. The van der Waals surface area contributed by atoms with Gasteiger partial charge in [0.05, 0.1) is 0 Å². The second-order valence-corrected chi connectivity index (χ2v) is 6.00. The van der Waals surface area contributed by atoms with Crippen molar-refractivity contribution in [2.24, 2.45) is 5.92 Å². The maximum Gasteiger partial charge on any atom is 0.0456 e. The Morgan fingerprint density at radius 3 is 2.11 bits per heavy atom. The van der Waals surface area contributed by atoms with Crippen LogP contribution in [0.3, 0.4) is 0 Å². The van der Waals surface area contributed by atoms with Crippen molar-refractivity contribution in [2.75, 3.05) is 6.54 Å². The van der Waals surface area contributed by atoms with Crippen LogP contribution in [0.1, 0.15) is 45.6 Å². The zero-order valence-electron chi connectivity index (χ0n) is 11.6. The van der Waals surface area contributed by atoms with Crippen molar-refractivity contribution >= 4 is 23.2 Å². The van der Waals surface area contributed by atoms with E-state index in [2.05, 4.69) is 33.0 Å². The highest BCUT2D eigenvalue weighted by Gasteiger charge is 2.22. The molecule has 18 heavy (non-hydrogen) atoms. The minimum atomic E-state index is 0.360. The first-order valence-corrected chi connectivity index (χ1v) is 7.40. The zero-order chi connectivity index (χ0) is 13.7. The highest BCUT2D eigenvalue weighted by atomic mass is 35.5. The van der Waals surface area contributed by atoms with Gasteiger partial charge in [-0.25, -0.2) is 0 Å². The maximum atomic E-state index is 6.33. The zero-order valence-corrected chi connectivity index (χ0v) is 13.1. The predicted octanol–water partition coefficient (Wildman–Crippen LogP) is 5.12. The highest BCUT2D eigenvalue weighted by Crippen LogP contribution is 2.36. The van der Waals surface area contributed by atoms with Gasteiger partial charge in [-0.2, -0.15) is 0 Å². The summed E-state index contributed by atoms with van der Waals surface area (Å²) in [6, 6.07) is 6.22. The minimum Gasteiger partial charge on any atom is -0.314 e. The topological polar surface area (TPSA) is 12.0 Å².